The molecular weight excluding hydrogens is 316 g/mol. The van der Waals surface area contributed by atoms with E-state index in [9.17, 15) is 13.2 Å². The molecule has 1 aromatic carbocycles. The Labute approximate surface area is 124 Å². The van der Waals surface area contributed by atoms with Crippen LogP contribution in [0, 0.1) is 0 Å². The van der Waals surface area contributed by atoms with Crippen molar-refractivity contribution >= 4 is 38.3 Å². The van der Waals surface area contributed by atoms with E-state index in [1.54, 1.807) is 12.1 Å². The molecule has 7 nitrogen and oxygen atoms in total. The van der Waals surface area contributed by atoms with Crippen LogP contribution < -0.4 is 10.4 Å². The van der Waals surface area contributed by atoms with E-state index >= 15 is 0 Å². The summed E-state index contributed by atoms with van der Waals surface area (Å²) in [6, 6.07) is 7.42. The number of H-pyrrole nitrogens is 2. The molecule has 0 amide bonds. The van der Waals surface area contributed by atoms with Crippen LogP contribution >= 0.6 is 11.6 Å². The molecule has 3 rings (SSSR count). The van der Waals surface area contributed by atoms with Crippen molar-refractivity contribution in [2.75, 3.05) is 4.72 Å². The van der Waals surface area contributed by atoms with Gasteiger partial charge in [0, 0.05) is 6.20 Å². The summed E-state index contributed by atoms with van der Waals surface area (Å²) in [5.74, 6) is 0. The third kappa shape index (κ3) is 2.76. The van der Waals surface area contributed by atoms with Crippen molar-refractivity contribution < 1.29 is 8.42 Å². The maximum atomic E-state index is 12.2. The molecular formula is C12H9ClN4O3S. The maximum Gasteiger partial charge on any atom is 0.323 e. The molecule has 2 aromatic heterocycles. The molecule has 0 saturated carbocycles. The molecule has 2 heterocycles. The number of nitrogens with one attached hydrogen (secondary N) is 3. The van der Waals surface area contributed by atoms with Gasteiger partial charge in [-0.05, 0) is 30.3 Å². The first kappa shape index (κ1) is 13.7. The zero-order valence-electron chi connectivity index (χ0n) is 10.4. The molecule has 0 fully saturated rings. The van der Waals surface area contributed by atoms with Crippen LogP contribution in [0.5, 0.6) is 0 Å². The monoisotopic (exact) mass is 324 g/mol. The van der Waals surface area contributed by atoms with Gasteiger partial charge < -0.3 is 9.97 Å². The molecule has 0 aliphatic heterocycles. The SMILES string of the molecule is O=c1[nH]c2ccc(NS(=O)(=O)c3ccc(Cl)nc3)cc2[nH]1. The summed E-state index contributed by atoms with van der Waals surface area (Å²) >= 11 is 5.63. The Morgan fingerprint density at radius 1 is 1.10 bits per heavy atom. The van der Waals surface area contributed by atoms with E-state index in [1.807, 2.05) is 0 Å². The van der Waals surface area contributed by atoms with E-state index in [2.05, 4.69) is 19.7 Å². The molecule has 0 bridgehead atoms. The molecule has 108 valence electrons. The van der Waals surface area contributed by atoms with Gasteiger partial charge in [-0.25, -0.2) is 18.2 Å². The zero-order chi connectivity index (χ0) is 15.0. The van der Waals surface area contributed by atoms with Crippen molar-refractivity contribution in [2.24, 2.45) is 0 Å². The first-order chi connectivity index (χ1) is 9.94. The Bertz CT molecular complexity index is 960. The van der Waals surface area contributed by atoms with Crippen LogP contribution in [0.2, 0.25) is 5.15 Å². The number of benzene rings is 1. The molecule has 0 atom stereocenters. The fraction of sp³-hybridized carbons (Fsp3) is 0. The normalized spacial score (nSPS) is 11.7. The summed E-state index contributed by atoms with van der Waals surface area (Å²) in [4.78, 5) is 20.0. The van der Waals surface area contributed by atoms with Gasteiger partial charge in [0.2, 0.25) is 0 Å². The van der Waals surface area contributed by atoms with Gasteiger partial charge in [0.1, 0.15) is 10.0 Å². The number of hydrogen-bond acceptors (Lipinski definition) is 4. The van der Waals surface area contributed by atoms with Crippen LogP contribution in [-0.2, 0) is 10.0 Å². The highest BCUT2D eigenvalue weighted by molar-refractivity contribution is 7.92. The highest BCUT2D eigenvalue weighted by Gasteiger charge is 2.15. The molecule has 0 aliphatic rings. The van der Waals surface area contributed by atoms with Crippen molar-refractivity contribution in [1.82, 2.24) is 15.0 Å². The number of hydrogen-bond donors (Lipinski definition) is 3. The predicted molar refractivity (Wildman–Crippen MR) is 79.0 cm³/mol. The molecule has 0 unspecified atom stereocenters. The molecule has 0 aliphatic carbocycles. The quantitative estimate of drug-likeness (QED) is 0.637. The fourth-order valence-electron chi connectivity index (χ4n) is 1.83. The lowest BCUT2D eigenvalue weighted by Crippen LogP contribution is -2.13. The van der Waals surface area contributed by atoms with Gasteiger partial charge >= 0.3 is 5.69 Å². The van der Waals surface area contributed by atoms with E-state index in [0.29, 0.717) is 16.7 Å². The lowest BCUT2D eigenvalue weighted by atomic mass is 10.3. The highest BCUT2D eigenvalue weighted by atomic mass is 35.5. The average molecular weight is 325 g/mol. The van der Waals surface area contributed by atoms with Crippen molar-refractivity contribution in [3.05, 3.63) is 52.2 Å². The third-order valence-corrected chi connectivity index (χ3v) is 4.37. The van der Waals surface area contributed by atoms with Crippen molar-refractivity contribution in [3.63, 3.8) is 0 Å². The van der Waals surface area contributed by atoms with Crippen LogP contribution in [0.25, 0.3) is 11.0 Å². The Morgan fingerprint density at radius 3 is 2.57 bits per heavy atom. The Morgan fingerprint density at radius 2 is 1.86 bits per heavy atom. The second-order valence-corrected chi connectivity index (χ2v) is 6.33. The standard InChI is InChI=1S/C12H9ClN4O3S/c13-11-4-2-8(6-14-11)21(19,20)17-7-1-3-9-10(5-7)16-12(18)15-9/h1-6,17H,(H2,15,16,18). The minimum atomic E-state index is -3.77. The van der Waals surface area contributed by atoms with Gasteiger partial charge in [-0.1, -0.05) is 11.6 Å². The van der Waals surface area contributed by atoms with Crippen molar-refractivity contribution in [3.8, 4) is 0 Å². The lowest BCUT2D eigenvalue weighted by molar-refractivity contribution is 0.601. The Kier molecular flexibility index (Phi) is 3.19. The zero-order valence-corrected chi connectivity index (χ0v) is 12.0. The highest BCUT2D eigenvalue weighted by Crippen LogP contribution is 2.19. The number of anilines is 1. The van der Waals surface area contributed by atoms with E-state index in [-0.39, 0.29) is 15.7 Å². The largest absolute Gasteiger partial charge is 0.323 e. The van der Waals surface area contributed by atoms with Gasteiger partial charge in [-0.2, -0.15) is 0 Å². The van der Waals surface area contributed by atoms with Crippen LogP contribution in [0.1, 0.15) is 0 Å². The summed E-state index contributed by atoms with van der Waals surface area (Å²) in [5, 5.41) is 0.209. The van der Waals surface area contributed by atoms with Crippen molar-refractivity contribution in [2.45, 2.75) is 4.90 Å². The van der Waals surface area contributed by atoms with E-state index in [4.69, 9.17) is 11.6 Å². The number of imidazole rings is 1. The van der Waals surface area contributed by atoms with Crippen LogP contribution in [0.3, 0.4) is 0 Å². The van der Waals surface area contributed by atoms with Crippen LogP contribution in [0.4, 0.5) is 5.69 Å². The average Bonchev–Trinajstić information content (AvgIpc) is 2.78. The van der Waals surface area contributed by atoms with Gasteiger partial charge in [0.05, 0.1) is 16.7 Å². The summed E-state index contributed by atoms with van der Waals surface area (Å²) in [7, 11) is -3.77. The van der Waals surface area contributed by atoms with Gasteiger partial charge in [0.25, 0.3) is 10.0 Å². The number of nitrogens with zero attached hydrogens (tertiary/aromatic N) is 1. The summed E-state index contributed by atoms with van der Waals surface area (Å²) in [6.07, 6.45) is 1.17. The van der Waals surface area contributed by atoms with Gasteiger partial charge in [0.15, 0.2) is 0 Å². The van der Waals surface area contributed by atoms with Crippen molar-refractivity contribution in [1.29, 1.82) is 0 Å². The Balaban J connectivity index is 1.96. The number of sulfonamides is 1. The topological polar surface area (TPSA) is 108 Å². The summed E-state index contributed by atoms with van der Waals surface area (Å²) in [5.41, 5.74) is 1.07. The number of aromatic nitrogens is 3. The van der Waals surface area contributed by atoms with E-state index < -0.39 is 10.0 Å². The van der Waals surface area contributed by atoms with Crippen LogP contribution in [0.15, 0.2) is 46.2 Å². The summed E-state index contributed by atoms with van der Waals surface area (Å²) in [6.45, 7) is 0. The first-order valence-corrected chi connectivity index (χ1v) is 7.67. The lowest BCUT2D eigenvalue weighted by Gasteiger charge is -2.07. The minimum Gasteiger partial charge on any atom is -0.306 e. The molecule has 0 radical (unpaired) electrons. The second kappa shape index (κ2) is 4.90. The number of halogens is 1. The first-order valence-electron chi connectivity index (χ1n) is 5.80. The fourth-order valence-corrected chi connectivity index (χ4v) is 2.94. The third-order valence-electron chi connectivity index (χ3n) is 2.78. The molecule has 3 aromatic rings. The second-order valence-electron chi connectivity index (χ2n) is 4.26. The molecule has 0 spiro atoms. The van der Waals surface area contributed by atoms with E-state index in [0.717, 1.165) is 0 Å². The summed E-state index contributed by atoms with van der Waals surface area (Å²) < 4.78 is 26.8. The molecule has 0 saturated heterocycles. The number of aromatic amines is 2. The van der Waals surface area contributed by atoms with E-state index in [1.165, 1.54) is 24.4 Å². The molecule has 3 N–H and O–H groups in total. The van der Waals surface area contributed by atoms with Gasteiger partial charge in [-0.3, -0.25) is 4.72 Å². The molecule has 9 heteroatoms. The Hall–Kier alpha value is -2.32. The maximum absolute atomic E-state index is 12.2. The molecule has 21 heavy (non-hydrogen) atoms. The predicted octanol–water partition coefficient (Wildman–Crippen LogP) is 1.71. The minimum absolute atomic E-state index is 0.00504. The number of rotatable bonds is 3. The van der Waals surface area contributed by atoms with Gasteiger partial charge in [-0.15, -0.1) is 0 Å². The smallest absolute Gasteiger partial charge is 0.306 e. The van der Waals surface area contributed by atoms with Crippen LogP contribution in [-0.4, -0.2) is 23.4 Å². The number of fused-ring (bicyclic) bond motifs is 1. The number of pyridine rings is 1.